The molecule has 1 aromatic carbocycles. The molecule has 2 nitrogen and oxygen atoms in total. The van der Waals surface area contributed by atoms with Gasteiger partial charge in [-0.25, -0.2) is 0 Å². The molecule has 1 unspecified atom stereocenters. The van der Waals surface area contributed by atoms with Crippen molar-refractivity contribution in [2.75, 3.05) is 18.0 Å². The molecule has 1 fully saturated rings. The molecule has 1 aliphatic heterocycles. The van der Waals surface area contributed by atoms with E-state index in [2.05, 4.69) is 47.7 Å². The van der Waals surface area contributed by atoms with Gasteiger partial charge in [0.25, 0.3) is 0 Å². The topological polar surface area (TPSA) is 20.3 Å². The van der Waals surface area contributed by atoms with Gasteiger partial charge >= 0.3 is 0 Å². The Hall–Kier alpha value is -0.610. The molecule has 1 aliphatic rings. The van der Waals surface area contributed by atoms with Crippen molar-refractivity contribution in [3.63, 3.8) is 0 Å². The monoisotopic (exact) mass is 295 g/mol. The first-order valence-electron chi connectivity index (χ1n) is 6.77. The number of hydrogen-bond donors (Lipinski definition) is 1. The maximum atomic E-state index is 11.4. The van der Waals surface area contributed by atoms with Crippen LogP contribution in [0, 0.1) is 5.92 Å². The summed E-state index contributed by atoms with van der Waals surface area (Å²) in [7, 11) is 1.57. The average molecular weight is 295 g/mol. The summed E-state index contributed by atoms with van der Waals surface area (Å²) in [5.74, 6) is 0.616. The van der Waals surface area contributed by atoms with E-state index in [1.165, 1.54) is 11.3 Å². The fourth-order valence-corrected chi connectivity index (χ4v) is 3.21. The van der Waals surface area contributed by atoms with Crippen molar-refractivity contribution in [2.24, 2.45) is 5.92 Å². The summed E-state index contributed by atoms with van der Waals surface area (Å²) in [6.45, 7) is 5.84. The number of nitrogens with zero attached hydrogens (tertiary/aromatic N) is 1. The Kier molecular flexibility index (Phi) is 5.22. The Morgan fingerprint density at radius 3 is 2.37 bits per heavy atom. The van der Waals surface area contributed by atoms with E-state index in [1.54, 1.807) is 17.7 Å². The van der Waals surface area contributed by atoms with Gasteiger partial charge in [-0.2, -0.15) is 0 Å². The van der Waals surface area contributed by atoms with Crippen molar-refractivity contribution in [2.45, 2.75) is 31.9 Å². The Morgan fingerprint density at radius 1 is 1.32 bits per heavy atom. The third-order valence-electron chi connectivity index (χ3n) is 3.96. The molecule has 1 saturated heterocycles. The summed E-state index contributed by atoms with van der Waals surface area (Å²) in [6.07, 6.45) is 1.97. The highest BCUT2D eigenvalue weighted by Gasteiger charge is 2.22. The lowest BCUT2D eigenvalue weighted by Crippen LogP contribution is -2.35. The van der Waals surface area contributed by atoms with Gasteiger partial charge in [0.05, 0.1) is 0 Å². The number of carbonyl (C=O) groups excluding carboxylic acids is 1. The first-order valence-corrected chi connectivity index (χ1v) is 8.70. The second-order valence-corrected chi connectivity index (χ2v) is 6.76. The number of benzene rings is 1. The van der Waals surface area contributed by atoms with Crippen molar-refractivity contribution in [1.82, 2.24) is 0 Å². The number of ketones is 1. The van der Waals surface area contributed by atoms with E-state index in [0.717, 1.165) is 25.9 Å². The van der Waals surface area contributed by atoms with Crippen LogP contribution in [0.2, 0.25) is 0 Å². The van der Waals surface area contributed by atoms with Crippen LogP contribution in [0.5, 0.6) is 0 Å². The lowest BCUT2D eigenvalue weighted by atomic mass is 9.93. The largest absolute Gasteiger partial charge is 0.371 e. The zero-order chi connectivity index (χ0) is 13.8. The van der Waals surface area contributed by atoms with Gasteiger partial charge in [-0.3, -0.25) is 4.79 Å². The standard InChI is InChI=1S/C15H21NOS2/c1-11(17)13-7-9-16(10-8-13)15-5-3-14(4-6-15)12(2)19-18/h3-6,12-13,18H,7-10H2,1-2H3. The minimum absolute atomic E-state index is 0.274. The zero-order valence-corrected chi connectivity index (χ0v) is 13.2. The molecule has 2 rings (SSSR count). The second kappa shape index (κ2) is 6.71. The van der Waals surface area contributed by atoms with Crippen molar-refractivity contribution in [1.29, 1.82) is 0 Å². The summed E-state index contributed by atoms with van der Waals surface area (Å²) >= 11 is 4.26. The molecule has 0 radical (unpaired) electrons. The summed E-state index contributed by atoms with van der Waals surface area (Å²) in [5, 5.41) is 0.417. The van der Waals surface area contributed by atoms with Gasteiger partial charge in [0.2, 0.25) is 0 Å². The summed E-state index contributed by atoms with van der Waals surface area (Å²) in [4.78, 5) is 13.7. The van der Waals surface area contributed by atoms with E-state index >= 15 is 0 Å². The Balaban J connectivity index is 1.98. The van der Waals surface area contributed by atoms with E-state index < -0.39 is 0 Å². The molecule has 0 saturated carbocycles. The van der Waals surface area contributed by atoms with Crippen LogP contribution in [-0.4, -0.2) is 18.9 Å². The van der Waals surface area contributed by atoms with Gasteiger partial charge in [-0.15, -0.1) is 11.7 Å². The van der Waals surface area contributed by atoms with Crippen LogP contribution in [0.3, 0.4) is 0 Å². The van der Waals surface area contributed by atoms with E-state index in [1.807, 2.05) is 0 Å². The van der Waals surface area contributed by atoms with Gasteiger partial charge < -0.3 is 4.90 Å². The molecule has 1 heterocycles. The smallest absolute Gasteiger partial charge is 0.133 e. The highest BCUT2D eigenvalue weighted by Crippen LogP contribution is 2.32. The maximum absolute atomic E-state index is 11.4. The van der Waals surface area contributed by atoms with Crippen LogP contribution < -0.4 is 4.90 Å². The molecule has 0 bridgehead atoms. The molecule has 1 atom stereocenters. The number of carbonyl (C=O) groups is 1. The Bertz CT molecular complexity index is 424. The highest BCUT2D eigenvalue weighted by atomic mass is 33.1. The van der Waals surface area contributed by atoms with Crippen molar-refractivity contribution < 1.29 is 4.79 Å². The number of rotatable bonds is 4. The van der Waals surface area contributed by atoms with Crippen LogP contribution >= 0.6 is 22.5 Å². The Labute approximate surface area is 124 Å². The number of piperidine rings is 1. The van der Waals surface area contributed by atoms with Gasteiger partial charge in [0, 0.05) is 29.9 Å². The summed E-state index contributed by atoms with van der Waals surface area (Å²) in [5.41, 5.74) is 2.57. The van der Waals surface area contributed by atoms with E-state index in [9.17, 15) is 4.79 Å². The fraction of sp³-hybridized carbons (Fsp3) is 0.533. The predicted octanol–water partition coefficient (Wildman–Crippen LogP) is 4.13. The molecule has 0 spiro atoms. The first-order chi connectivity index (χ1) is 9.11. The van der Waals surface area contributed by atoms with Crippen LogP contribution in [0.15, 0.2) is 24.3 Å². The summed E-state index contributed by atoms with van der Waals surface area (Å²) < 4.78 is 0. The molecule has 104 valence electrons. The fourth-order valence-electron chi connectivity index (χ4n) is 2.56. The van der Waals surface area contributed by atoms with Crippen LogP contribution in [-0.2, 0) is 4.79 Å². The molecular weight excluding hydrogens is 274 g/mol. The van der Waals surface area contributed by atoms with Gasteiger partial charge in [0.15, 0.2) is 0 Å². The SMILES string of the molecule is CC(=O)C1CCN(c2ccc(C(C)SS)cc2)CC1. The molecule has 0 N–H and O–H groups in total. The van der Waals surface area contributed by atoms with Gasteiger partial charge in [-0.05, 0) is 44.4 Å². The van der Waals surface area contributed by atoms with Crippen molar-refractivity contribution in [3.8, 4) is 0 Å². The quantitative estimate of drug-likeness (QED) is 0.666. The molecule has 19 heavy (non-hydrogen) atoms. The number of thiol groups is 1. The second-order valence-electron chi connectivity index (χ2n) is 5.21. The zero-order valence-electron chi connectivity index (χ0n) is 11.5. The van der Waals surface area contributed by atoms with Crippen LogP contribution in [0.25, 0.3) is 0 Å². The molecule has 0 amide bonds. The van der Waals surface area contributed by atoms with Gasteiger partial charge in [0.1, 0.15) is 5.78 Å². The number of anilines is 1. The average Bonchev–Trinajstić information content (AvgIpc) is 2.46. The van der Waals surface area contributed by atoms with E-state index in [4.69, 9.17) is 0 Å². The summed E-state index contributed by atoms with van der Waals surface area (Å²) in [6, 6.07) is 8.73. The molecule has 1 aromatic rings. The third-order valence-corrected chi connectivity index (χ3v) is 5.49. The Morgan fingerprint density at radius 2 is 1.89 bits per heavy atom. The predicted molar refractivity (Wildman–Crippen MR) is 87.1 cm³/mol. The lowest BCUT2D eigenvalue weighted by Gasteiger charge is -2.32. The normalized spacial score (nSPS) is 18.4. The number of Topliss-reactive ketones (excluding diaryl/α,β-unsaturated/α-hetero) is 1. The highest BCUT2D eigenvalue weighted by molar-refractivity contribution is 8.68. The van der Waals surface area contributed by atoms with E-state index in [0.29, 0.717) is 11.0 Å². The molecule has 0 aliphatic carbocycles. The minimum Gasteiger partial charge on any atom is -0.371 e. The minimum atomic E-state index is 0.274. The molecular formula is C15H21NOS2. The van der Waals surface area contributed by atoms with Crippen LogP contribution in [0.4, 0.5) is 5.69 Å². The molecule has 4 heteroatoms. The third kappa shape index (κ3) is 3.69. The van der Waals surface area contributed by atoms with Crippen molar-refractivity contribution >= 4 is 33.9 Å². The maximum Gasteiger partial charge on any atom is 0.133 e. The van der Waals surface area contributed by atoms with Gasteiger partial charge in [-0.1, -0.05) is 22.9 Å². The lowest BCUT2D eigenvalue weighted by molar-refractivity contribution is -0.121. The number of hydrogen-bond acceptors (Lipinski definition) is 4. The molecule has 0 aromatic heterocycles. The van der Waals surface area contributed by atoms with Crippen LogP contribution in [0.1, 0.15) is 37.5 Å². The van der Waals surface area contributed by atoms with E-state index in [-0.39, 0.29) is 5.92 Å². The van der Waals surface area contributed by atoms with Crippen molar-refractivity contribution in [3.05, 3.63) is 29.8 Å². The first kappa shape index (κ1) is 14.8.